The average Bonchev–Trinajstić information content (AvgIpc) is 1.82. The normalized spacial score (nSPS) is 21.7. The summed E-state index contributed by atoms with van der Waals surface area (Å²) in [5.41, 5.74) is 6.74. The lowest BCUT2D eigenvalue weighted by Crippen LogP contribution is -2.32. The van der Waals surface area contributed by atoms with E-state index in [-0.39, 0.29) is 5.84 Å². The summed E-state index contributed by atoms with van der Waals surface area (Å²) in [6, 6.07) is 0. The molecule has 5 nitrogen and oxygen atoms in total. The topological polar surface area (TPSA) is 84.5 Å². The first-order valence-electron chi connectivity index (χ1n) is 3.54. The fourth-order valence-electron chi connectivity index (χ4n) is 1.10. The summed E-state index contributed by atoms with van der Waals surface area (Å²) in [4.78, 5) is 0. The van der Waals surface area contributed by atoms with Crippen molar-refractivity contribution in [3.8, 4) is 0 Å². The van der Waals surface area contributed by atoms with E-state index in [9.17, 15) is 8.42 Å². The van der Waals surface area contributed by atoms with Crippen molar-refractivity contribution in [3.63, 3.8) is 0 Å². The molecular weight excluding hydrogens is 178 g/mol. The van der Waals surface area contributed by atoms with Gasteiger partial charge >= 0.3 is 10.2 Å². The molecule has 0 aliphatic carbocycles. The molecule has 0 saturated carbocycles. The molecule has 0 atom stereocenters. The number of nitrogens with zero attached hydrogens (tertiary/aromatic N) is 1. The highest BCUT2D eigenvalue weighted by atomic mass is 32.2. The largest absolute Gasteiger partial charge is 0.383 e. The minimum atomic E-state index is -3.57. The lowest BCUT2D eigenvalue weighted by Gasteiger charge is -2.15. The van der Waals surface area contributed by atoms with Gasteiger partial charge < -0.3 is 5.73 Å². The summed E-state index contributed by atoms with van der Waals surface area (Å²) >= 11 is 0. The van der Waals surface area contributed by atoms with Crippen molar-refractivity contribution in [2.45, 2.75) is 20.3 Å². The Hall–Kier alpha value is -1.04. The van der Waals surface area contributed by atoms with E-state index in [1.165, 1.54) is 0 Å². The molecule has 0 aromatic carbocycles. The lowest BCUT2D eigenvalue weighted by molar-refractivity contribution is 0.589. The molecule has 12 heavy (non-hydrogen) atoms. The molecule has 0 bridgehead atoms. The predicted molar refractivity (Wildman–Crippen MR) is 46.7 cm³/mol. The molecule has 1 aliphatic rings. The van der Waals surface area contributed by atoms with E-state index in [1.54, 1.807) is 6.92 Å². The van der Waals surface area contributed by atoms with Crippen molar-refractivity contribution < 1.29 is 8.42 Å². The van der Waals surface area contributed by atoms with E-state index in [1.807, 2.05) is 6.92 Å². The van der Waals surface area contributed by atoms with Gasteiger partial charge in [-0.25, -0.2) is 0 Å². The van der Waals surface area contributed by atoms with E-state index in [4.69, 9.17) is 5.73 Å². The van der Waals surface area contributed by atoms with Crippen LogP contribution in [0.2, 0.25) is 0 Å². The summed E-state index contributed by atoms with van der Waals surface area (Å²) in [5, 5.41) is 0. The summed E-state index contributed by atoms with van der Waals surface area (Å²) in [6.45, 7) is 3.55. The maximum atomic E-state index is 10.9. The second kappa shape index (κ2) is 2.78. The zero-order chi connectivity index (χ0) is 9.35. The molecule has 1 rings (SSSR count). The molecular formula is C6H11N3O2S. The third kappa shape index (κ3) is 1.58. The van der Waals surface area contributed by atoms with Crippen LogP contribution < -0.4 is 10.5 Å². The van der Waals surface area contributed by atoms with Crippen molar-refractivity contribution in [2.24, 2.45) is 10.1 Å². The van der Waals surface area contributed by atoms with Crippen molar-refractivity contribution in [3.05, 3.63) is 11.3 Å². The Labute approximate surface area is 71.5 Å². The molecule has 0 radical (unpaired) electrons. The Morgan fingerprint density at radius 2 is 2.17 bits per heavy atom. The highest BCUT2D eigenvalue weighted by Gasteiger charge is 2.19. The molecule has 68 valence electrons. The number of nitrogens with one attached hydrogen (secondary N) is 1. The summed E-state index contributed by atoms with van der Waals surface area (Å²) in [7, 11) is -3.57. The second-order valence-electron chi connectivity index (χ2n) is 2.51. The van der Waals surface area contributed by atoms with Gasteiger partial charge in [-0.05, 0) is 13.3 Å². The molecule has 0 saturated heterocycles. The number of amidine groups is 1. The highest BCUT2D eigenvalue weighted by Crippen LogP contribution is 2.12. The van der Waals surface area contributed by atoms with Crippen LogP contribution in [0.4, 0.5) is 0 Å². The van der Waals surface area contributed by atoms with Crippen LogP contribution >= 0.6 is 0 Å². The Balaban J connectivity index is 3.18. The molecule has 1 aliphatic heterocycles. The molecule has 0 unspecified atom stereocenters. The van der Waals surface area contributed by atoms with E-state index in [0.717, 1.165) is 5.57 Å². The SMILES string of the molecule is CCC1=C(C)NS(=O)(=O)N=C1N. The van der Waals surface area contributed by atoms with Crippen LogP contribution in [-0.4, -0.2) is 14.3 Å². The van der Waals surface area contributed by atoms with E-state index >= 15 is 0 Å². The van der Waals surface area contributed by atoms with Gasteiger partial charge in [0.2, 0.25) is 0 Å². The smallest absolute Gasteiger partial charge is 0.343 e. The Morgan fingerprint density at radius 3 is 2.58 bits per heavy atom. The predicted octanol–water partition coefficient (Wildman–Crippen LogP) is -0.124. The highest BCUT2D eigenvalue weighted by molar-refractivity contribution is 7.88. The van der Waals surface area contributed by atoms with Gasteiger partial charge in [0.15, 0.2) is 0 Å². The molecule has 0 amide bonds. The van der Waals surface area contributed by atoms with Crippen LogP contribution in [0, 0.1) is 0 Å². The van der Waals surface area contributed by atoms with Gasteiger partial charge in [-0.2, -0.15) is 8.42 Å². The minimum Gasteiger partial charge on any atom is -0.383 e. The lowest BCUT2D eigenvalue weighted by atomic mass is 10.1. The molecule has 0 spiro atoms. The Bertz CT molecular complexity index is 353. The van der Waals surface area contributed by atoms with Crippen LogP contribution in [0.5, 0.6) is 0 Å². The van der Waals surface area contributed by atoms with Gasteiger partial charge in [-0.3, -0.25) is 4.72 Å². The van der Waals surface area contributed by atoms with Crippen LogP contribution in [0.15, 0.2) is 15.7 Å². The molecule has 3 N–H and O–H groups in total. The van der Waals surface area contributed by atoms with E-state index in [2.05, 4.69) is 9.12 Å². The van der Waals surface area contributed by atoms with E-state index in [0.29, 0.717) is 12.1 Å². The van der Waals surface area contributed by atoms with Gasteiger partial charge in [0.1, 0.15) is 5.84 Å². The number of hydrogen-bond donors (Lipinski definition) is 2. The zero-order valence-electron chi connectivity index (χ0n) is 6.96. The molecule has 0 fully saturated rings. The van der Waals surface area contributed by atoms with E-state index < -0.39 is 10.2 Å². The van der Waals surface area contributed by atoms with Crippen molar-refractivity contribution >= 4 is 16.0 Å². The third-order valence-corrected chi connectivity index (χ3v) is 2.62. The van der Waals surface area contributed by atoms with Gasteiger partial charge in [0.25, 0.3) is 0 Å². The van der Waals surface area contributed by atoms with Crippen molar-refractivity contribution in [1.82, 2.24) is 4.72 Å². The standard InChI is InChI=1S/C6H11N3O2S/c1-3-5-4(2)8-12(10,11)9-6(5)7/h8H,3H2,1-2H3,(H2,7,9). The van der Waals surface area contributed by atoms with Crippen LogP contribution in [0.3, 0.4) is 0 Å². The number of rotatable bonds is 1. The fraction of sp³-hybridized carbons (Fsp3) is 0.500. The monoisotopic (exact) mass is 189 g/mol. The van der Waals surface area contributed by atoms with Crippen molar-refractivity contribution in [1.29, 1.82) is 0 Å². The molecule has 0 aromatic rings. The van der Waals surface area contributed by atoms with Crippen LogP contribution in [-0.2, 0) is 10.2 Å². The third-order valence-electron chi connectivity index (χ3n) is 1.62. The first-order chi connectivity index (χ1) is 5.46. The van der Waals surface area contributed by atoms with Crippen LogP contribution in [0.1, 0.15) is 20.3 Å². The number of hydrogen-bond acceptors (Lipinski definition) is 3. The maximum absolute atomic E-state index is 10.9. The first kappa shape index (κ1) is 9.05. The average molecular weight is 189 g/mol. The van der Waals surface area contributed by atoms with Crippen LogP contribution in [0.25, 0.3) is 0 Å². The van der Waals surface area contributed by atoms with Gasteiger partial charge in [0, 0.05) is 11.3 Å². The van der Waals surface area contributed by atoms with Gasteiger partial charge in [-0.1, -0.05) is 6.92 Å². The first-order valence-corrected chi connectivity index (χ1v) is 4.98. The Morgan fingerprint density at radius 1 is 1.58 bits per heavy atom. The fourth-order valence-corrected chi connectivity index (χ4v) is 2.03. The quantitative estimate of drug-likeness (QED) is 0.603. The molecule has 1 heterocycles. The summed E-state index contributed by atoms with van der Waals surface area (Å²) in [5.74, 6) is 0.0914. The van der Waals surface area contributed by atoms with Gasteiger partial charge in [0.05, 0.1) is 0 Å². The summed E-state index contributed by atoms with van der Waals surface area (Å²) in [6.07, 6.45) is 0.670. The summed E-state index contributed by atoms with van der Waals surface area (Å²) < 4.78 is 27.4. The second-order valence-corrected chi connectivity index (χ2v) is 3.85. The maximum Gasteiger partial charge on any atom is 0.343 e. The minimum absolute atomic E-state index is 0.0914. The number of nitrogens with two attached hydrogens (primary N) is 1. The zero-order valence-corrected chi connectivity index (χ0v) is 7.77. The van der Waals surface area contributed by atoms with Crippen molar-refractivity contribution in [2.75, 3.05) is 0 Å². The number of allylic oxidation sites excluding steroid dienone is 1. The molecule has 6 heteroatoms. The molecule has 0 aromatic heterocycles. The Kier molecular flexibility index (Phi) is 2.10. The van der Waals surface area contributed by atoms with Gasteiger partial charge in [-0.15, -0.1) is 4.40 Å².